The number of ether oxygens (including phenoxy) is 1. The minimum atomic E-state index is 0.626. The largest absolute Gasteiger partial charge is 0.381 e. The summed E-state index contributed by atoms with van der Waals surface area (Å²) in [6.07, 6.45) is 21.8. The molecule has 0 aromatic heterocycles. The van der Waals surface area contributed by atoms with Gasteiger partial charge in [-0.3, -0.25) is 0 Å². The molecule has 1 saturated carbocycles. The Balaban J connectivity index is 1.60. The first-order valence-corrected chi connectivity index (χ1v) is 9.30. The zero-order valence-corrected chi connectivity index (χ0v) is 13.7. The Labute approximate surface area is 127 Å². The van der Waals surface area contributed by atoms with E-state index in [1.807, 2.05) is 0 Å². The predicted molar refractivity (Wildman–Crippen MR) is 88.9 cm³/mol. The highest BCUT2D eigenvalue weighted by atomic mass is 16.5. The van der Waals surface area contributed by atoms with Gasteiger partial charge < -0.3 is 4.74 Å². The smallest absolute Gasteiger partial charge is 0.0466 e. The van der Waals surface area contributed by atoms with Crippen molar-refractivity contribution in [1.82, 2.24) is 0 Å². The quantitative estimate of drug-likeness (QED) is 0.301. The molecule has 0 spiro atoms. The van der Waals surface area contributed by atoms with E-state index in [2.05, 4.69) is 6.92 Å². The van der Waals surface area contributed by atoms with Crippen LogP contribution in [0.4, 0.5) is 0 Å². The van der Waals surface area contributed by atoms with Crippen LogP contribution in [0.1, 0.15) is 96.3 Å². The topological polar surface area (TPSA) is 9.23 Å². The summed E-state index contributed by atoms with van der Waals surface area (Å²) in [5.41, 5.74) is 0. The Bertz CT molecular complexity index is 186. The molecule has 1 heteroatoms. The monoisotopic (exact) mass is 281 g/mol. The van der Waals surface area contributed by atoms with Gasteiger partial charge in [-0.05, 0) is 19.3 Å². The molecule has 20 heavy (non-hydrogen) atoms. The zero-order chi connectivity index (χ0) is 14.3. The van der Waals surface area contributed by atoms with Crippen molar-refractivity contribution in [3.63, 3.8) is 0 Å². The summed E-state index contributed by atoms with van der Waals surface area (Å²) in [7, 11) is 0. The Morgan fingerprint density at radius 1 is 0.650 bits per heavy atom. The third-order valence-corrected chi connectivity index (χ3v) is 4.49. The lowest BCUT2D eigenvalue weighted by molar-refractivity contribution is 0.156. The van der Waals surface area contributed by atoms with Crippen LogP contribution in [0.15, 0.2) is 0 Å². The maximum atomic E-state index is 5.24. The minimum absolute atomic E-state index is 0.626. The van der Waals surface area contributed by atoms with Gasteiger partial charge in [0.15, 0.2) is 0 Å². The van der Waals surface area contributed by atoms with E-state index >= 15 is 0 Å². The van der Waals surface area contributed by atoms with Crippen molar-refractivity contribution in [1.29, 1.82) is 0 Å². The molecule has 1 aliphatic rings. The molecule has 1 fully saturated rings. The van der Waals surface area contributed by atoms with Gasteiger partial charge in [0.05, 0.1) is 0 Å². The predicted octanol–water partition coefficient (Wildman–Crippen LogP) is 6.32. The van der Waals surface area contributed by atoms with Gasteiger partial charge in [-0.15, -0.1) is 0 Å². The lowest BCUT2D eigenvalue weighted by atomic mass is 10.0. The first-order chi connectivity index (χ1) is 9.93. The van der Waals surface area contributed by atoms with Crippen LogP contribution in [0.25, 0.3) is 0 Å². The number of rotatable bonds is 16. The van der Waals surface area contributed by atoms with Crippen LogP contribution in [0.5, 0.6) is 0 Å². The third kappa shape index (κ3) is 13.0. The molecule has 119 valence electrons. The molecule has 0 atom stereocenters. The van der Waals surface area contributed by atoms with Gasteiger partial charge in [0.2, 0.25) is 0 Å². The highest BCUT2D eigenvalue weighted by Gasteiger charge is 2.19. The third-order valence-electron chi connectivity index (χ3n) is 4.49. The van der Waals surface area contributed by atoms with Gasteiger partial charge in [0, 0.05) is 13.2 Å². The first kappa shape index (κ1) is 18.0. The summed E-state index contributed by atoms with van der Waals surface area (Å²) in [5.74, 6) is 1.14. The molecular formula is C19H37O. The van der Waals surface area contributed by atoms with Crippen LogP contribution < -0.4 is 0 Å². The lowest BCUT2D eigenvalue weighted by Crippen LogP contribution is -1.93. The summed E-state index contributed by atoms with van der Waals surface area (Å²) in [6, 6.07) is 0. The maximum Gasteiger partial charge on any atom is 0.0466 e. The van der Waals surface area contributed by atoms with Gasteiger partial charge >= 0.3 is 0 Å². The van der Waals surface area contributed by atoms with E-state index < -0.39 is 0 Å². The molecule has 1 rings (SSSR count). The Morgan fingerprint density at radius 2 is 1.10 bits per heavy atom. The van der Waals surface area contributed by atoms with E-state index in [0.717, 1.165) is 12.5 Å². The molecule has 0 heterocycles. The van der Waals surface area contributed by atoms with Crippen LogP contribution in [0, 0.1) is 12.8 Å². The highest BCUT2D eigenvalue weighted by Crippen LogP contribution is 2.34. The van der Waals surface area contributed by atoms with E-state index in [9.17, 15) is 0 Å². The lowest BCUT2D eigenvalue weighted by Gasteiger charge is -2.03. The van der Waals surface area contributed by atoms with Crippen LogP contribution in [-0.4, -0.2) is 13.2 Å². The van der Waals surface area contributed by atoms with Crippen molar-refractivity contribution < 1.29 is 4.74 Å². The molecular weight excluding hydrogens is 244 g/mol. The molecule has 0 unspecified atom stereocenters. The van der Waals surface area contributed by atoms with Crippen molar-refractivity contribution in [3.05, 3.63) is 6.92 Å². The Hall–Kier alpha value is -0.0400. The molecule has 0 aliphatic heterocycles. The van der Waals surface area contributed by atoms with E-state index in [1.165, 1.54) is 96.3 Å². The van der Waals surface area contributed by atoms with Crippen molar-refractivity contribution in [3.8, 4) is 0 Å². The van der Waals surface area contributed by atoms with Crippen molar-refractivity contribution >= 4 is 0 Å². The minimum Gasteiger partial charge on any atom is -0.381 e. The zero-order valence-electron chi connectivity index (χ0n) is 13.7. The fraction of sp³-hybridized carbons (Fsp3) is 0.947. The van der Waals surface area contributed by atoms with Gasteiger partial charge in [0.1, 0.15) is 0 Å². The second kappa shape index (κ2) is 13.9. The van der Waals surface area contributed by atoms with Crippen molar-refractivity contribution in [2.24, 2.45) is 5.92 Å². The van der Waals surface area contributed by atoms with E-state index in [4.69, 9.17) is 4.74 Å². The number of hydrogen-bond donors (Lipinski definition) is 0. The van der Waals surface area contributed by atoms with E-state index in [0.29, 0.717) is 6.61 Å². The fourth-order valence-corrected chi connectivity index (χ4v) is 2.91. The molecule has 1 radical (unpaired) electrons. The summed E-state index contributed by atoms with van der Waals surface area (Å²) in [6.45, 7) is 5.21. The summed E-state index contributed by atoms with van der Waals surface area (Å²) in [5, 5.41) is 0. The summed E-state index contributed by atoms with van der Waals surface area (Å²) >= 11 is 0. The second-order valence-electron chi connectivity index (χ2n) is 6.59. The van der Waals surface area contributed by atoms with Crippen molar-refractivity contribution in [2.45, 2.75) is 96.3 Å². The highest BCUT2D eigenvalue weighted by molar-refractivity contribution is 4.72. The fourth-order valence-electron chi connectivity index (χ4n) is 2.91. The molecule has 0 N–H and O–H groups in total. The molecule has 1 nitrogen and oxygen atoms in total. The van der Waals surface area contributed by atoms with Gasteiger partial charge in [-0.25, -0.2) is 0 Å². The maximum absolute atomic E-state index is 5.24. The van der Waals surface area contributed by atoms with Gasteiger partial charge in [-0.2, -0.15) is 0 Å². The van der Waals surface area contributed by atoms with Gasteiger partial charge in [0.25, 0.3) is 0 Å². The van der Waals surface area contributed by atoms with E-state index in [1.54, 1.807) is 0 Å². The second-order valence-corrected chi connectivity index (χ2v) is 6.59. The number of hydrogen-bond acceptors (Lipinski definition) is 1. The normalized spacial score (nSPS) is 14.8. The average molecular weight is 282 g/mol. The molecule has 1 aliphatic carbocycles. The Morgan fingerprint density at radius 3 is 1.55 bits per heavy atom. The number of unbranched alkanes of at least 4 members (excludes halogenated alkanes) is 11. The van der Waals surface area contributed by atoms with Crippen molar-refractivity contribution in [2.75, 3.05) is 13.2 Å². The first-order valence-electron chi connectivity index (χ1n) is 9.30. The van der Waals surface area contributed by atoms with Crippen LogP contribution in [-0.2, 0) is 4.74 Å². The average Bonchev–Trinajstić information content (AvgIpc) is 3.27. The van der Waals surface area contributed by atoms with Gasteiger partial charge in [-0.1, -0.05) is 89.9 Å². The van der Waals surface area contributed by atoms with Crippen LogP contribution in [0.3, 0.4) is 0 Å². The molecule has 0 saturated heterocycles. The molecule has 0 amide bonds. The van der Waals surface area contributed by atoms with Crippen LogP contribution in [0.2, 0.25) is 0 Å². The standard InChI is InChI=1S/C19H37O/c1-2-20-18-14-12-10-8-6-4-3-5-7-9-11-13-15-19-16-17-19/h19H,1-18H2. The summed E-state index contributed by atoms with van der Waals surface area (Å²) < 4.78 is 5.24. The van der Waals surface area contributed by atoms with E-state index in [-0.39, 0.29) is 0 Å². The SMILES string of the molecule is [CH2]COCCCCCCCCCCCCCCC1CC1. The molecule has 0 aromatic carbocycles. The molecule has 0 aromatic rings. The van der Waals surface area contributed by atoms with Crippen LogP contribution >= 0.6 is 0 Å². The Kier molecular flexibility index (Phi) is 12.5. The summed E-state index contributed by atoms with van der Waals surface area (Å²) in [4.78, 5) is 0. The molecule has 0 bridgehead atoms.